The molecule has 2 aliphatic carbocycles. The first kappa shape index (κ1) is 67.8. The molecule has 0 heterocycles. The molecule has 2 rings (SSSR count). The lowest BCUT2D eigenvalue weighted by atomic mass is 9.84. The molecule has 0 bridgehead atoms. The maximum atomic E-state index is 12.5. The fourth-order valence-electron chi connectivity index (χ4n) is 7.79. The van der Waals surface area contributed by atoms with Gasteiger partial charge in [-0.3, -0.25) is 13.6 Å². The number of unbranched alkanes of at least 4 members (excludes halogenated alkanes) is 2. The SMILES string of the molecule is COCCOCCO[C@@H]1[C@@H](OC)[C@H](OCCOCCOC)[C@@H](OP(=O)(O)O)[C@@H](OCCCCCO[C@H]2[C@@H](OC)[C@H](OCCOCCOC)[C@@H](OP(=O)(O)O)[C@H](OCCOCCOC)[C@H]2OC)[C@H]1OP(=O)(O)O. The fourth-order valence-corrected chi connectivity index (χ4v) is 9.46. The molecule has 430 valence electrons. The highest BCUT2D eigenvalue weighted by Gasteiger charge is 2.58. The van der Waals surface area contributed by atoms with E-state index in [0.717, 1.165) is 0 Å². The summed E-state index contributed by atoms with van der Waals surface area (Å²) in [5.74, 6) is 0. The van der Waals surface area contributed by atoms with Crippen molar-refractivity contribution in [2.24, 2.45) is 0 Å². The molecule has 0 spiro atoms. The van der Waals surface area contributed by atoms with Crippen LogP contribution in [0.3, 0.4) is 0 Å². The molecular weight excluding hydrogens is 1040 g/mol. The number of methoxy groups -OCH3 is 7. The van der Waals surface area contributed by atoms with Crippen LogP contribution in [0.25, 0.3) is 0 Å². The Balaban J connectivity index is 2.37. The molecule has 0 aromatic carbocycles. The van der Waals surface area contributed by atoms with E-state index in [1.165, 1.54) is 49.8 Å². The van der Waals surface area contributed by atoms with Crippen LogP contribution in [0.2, 0.25) is 0 Å². The van der Waals surface area contributed by atoms with Gasteiger partial charge in [-0.2, -0.15) is 0 Å². The highest BCUT2D eigenvalue weighted by molar-refractivity contribution is 7.46. The number of hydrogen-bond donors (Lipinski definition) is 6. The molecule has 0 unspecified atom stereocenters. The topological polar surface area (TPSA) is 357 Å². The van der Waals surface area contributed by atoms with E-state index >= 15 is 0 Å². The quantitative estimate of drug-likeness (QED) is 0.0334. The molecule has 72 heavy (non-hydrogen) atoms. The summed E-state index contributed by atoms with van der Waals surface area (Å²) in [5.41, 5.74) is 0. The van der Waals surface area contributed by atoms with E-state index in [4.69, 9.17) is 94.1 Å². The van der Waals surface area contributed by atoms with Crippen molar-refractivity contribution in [2.75, 3.05) is 169 Å². The first-order chi connectivity index (χ1) is 34.4. The van der Waals surface area contributed by atoms with Crippen molar-refractivity contribution in [2.45, 2.75) is 92.5 Å². The lowest BCUT2D eigenvalue weighted by Crippen LogP contribution is -2.67. The van der Waals surface area contributed by atoms with E-state index in [-0.39, 0.29) is 112 Å². The molecular formula is C40H81O29P3. The van der Waals surface area contributed by atoms with E-state index < -0.39 is 96.7 Å². The predicted molar refractivity (Wildman–Crippen MR) is 246 cm³/mol. The molecule has 0 radical (unpaired) electrons. The number of rotatable bonds is 45. The smallest absolute Gasteiger partial charge is 0.382 e. The van der Waals surface area contributed by atoms with Crippen molar-refractivity contribution in [1.29, 1.82) is 0 Å². The van der Waals surface area contributed by atoms with Crippen molar-refractivity contribution in [3.63, 3.8) is 0 Å². The highest BCUT2D eigenvalue weighted by atomic mass is 31.2. The molecule has 0 aliphatic heterocycles. The molecule has 0 saturated heterocycles. The fraction of sp³-hybridized carbons (Fsp3) is 1.00. The largest absolute Gasteiger partial charge is 0.470 e. The van der Waals surface area contributed by atoms with Gasteiger partial charge in [0.2, 0.25) is 0 Å². The van der Waals surface area contributed by atoms with Crippen molar-refractivity contribution < 1.29 is 137 Å². The van der Waals surface area contributed by atoms with Crippen LogP contribution in [0, 0.1) is 0 Å². The lowest BCUT2D eigenvalue weighted by molar-refractivity contribution is -0.265. The van der Waals surface area contributed by atoms with Crippen LogP contribution in [0.5, 0.6) is 0 Å². The second-order valence-electron chi connectivity index (χ2n) is 15.8. The minimum Gasteiger partial charge on any atom is -0.382 e. The number of hydrogen-bond acceptors (Lipinski definition) is 23. The molecule has 0 aromatic rings. The lowest BCUT2D eigenvalue weighted by Gasteiger charge is -2.49. The maximum Gasteiger partial charge on any atom is 0.470 e. The summed E-state index contributed by atoms with van der Waals surface area (Å²) >= 11 is 0. The summed E-state index contributed by atoms with van der Waals surface area (Å²) in [5, 5.41) is 0. The minimum absolute atomic E-state index is 0.00255. The van der Waals surface area contributed by atoms with Crippen molar-refractivity contribution in [1.82, 2.24) is 0 Å². The van der Waals surface area contributed by atoms with Gasteiger partial charge < -0.3 is 110 Å². The van der Waals surface area contributed by atoms with Crippen molar-refractivity contribution >= 4 is 23.5 Å². The Morgan fingerprint density at radius 1 is 0.264 bits per heavy atom. The summed E-state index contributed by atoms with van der Waals surface area (Å²) in [4.78, 5) is 60.5. The highest BCUT2D eigenvalue weighted by Crippen LogP contribution is 2.48. The summed E-state index contributed by atoms with van der Waals surface area (Å²) in [6.07, 6.45) is -15.1. The molecule has 0 amide bonds. The van der Waals surface area contributed by atoms with Gasteiger partial charge >= 0.3 is 23.5 Å². The molecule has 29 nitrogen and oxygen atoms in total. The Morgan fingerprint density at radius 3 is 0.694 bits per heavy atom. The zero-order valence-corrected chi connectivity index (χ0v) is 44.9. The van der Waals surface area contributed by atoms with Gasteiger partial charge in [0.1, 0.15) is 73.2 Å². The Labute approximate surface area is 421 Å². The van der Waals surface area contributed by atoms with Crippen LogP contribution < -0.4 is 0 Å². The van der Waals surface area contributed by atoms with E-state index in [0.29, 0.717) is 26.1 Å². The monoisotopic (exact) mass is 1120 g/mol. The van der Waals surface area contributed by atoms with Crippen molar-refractivity contribution in [3.8, 4) is 0 Å². The molecule has 12 atom stereocenters. The first-order valence-corrected chi connectivity index (χ1v) is 27.8. The predicted octanol–water partition coefficient (Wildman–Crippen LogP) is -0.374. The van der Waals surface area contributed by atoms with Crippen LogP contribution in [0.1, 0.15) is 19.3 Å². The van der Waals surface area contributed by atoms with Crippen LogP contribution in [-0.4, -0.2) is 271 Å². The van der Waals surface area contributed by atoms with E-state index in [2.05, 4.69) is 0 Å². The number of ether oxygens (including phenoxy) is 17. The van der Waals surface area contributed by atoms with Gasteiger partial charge in [-0.15, -0.1) is 0 Å². The average Bonchev–Trinajstić information content (AvgIpc) is 3.31. The third-order valence-corrected chi connectivity index (χ3v) is 12.3. The van der Waals surface area contributed by atoms with Gasteiger partial charge in [-0.05, 0) is 19.3 Å². The number of phosphoric ester groups is 3. The maximum absolute atomic E-state index is 12.5. The Kier molecular flexibility index (Phi) is 36.0. The standard InChI is InChI=1S/C40H81O29P3/c1-50-13-17-57-21-25-63-33-29(54-5)32(30(55-6)34(38(33)67-70(41,42)43)64-26-22-58-18-14-51-2)61-11-9-8-10-12-62-37-39(68-71(44,45)46)35(65-27-23-59-19-15-52-3)31(56-7)36(40(37)69-72(47,48)49)66-28-24-60-20-16-53-4/h29-40H,8-28H2,1-7H3,(H2,41,42,43)(H2,44,45,46)(H2,47,48,49)/t29-,30+,31-,32+,33+,34-,35-,36+,37+,38-,39+,40-. The molecule has 32 heteroatoms. The normalized spacial score (nSPS) is 27.5. The van der Waals surface area contributed by atoms with Gasteiger partial charge in [0.25, 0.3) is 0 Å². The zero-order valence-electron chi connectivity index (χ0n) is 42.2. The second-order valence-corrected chi connectivity index (χ2v) is 19.4. The van der Waals surface area contributed by atoms with E-state index in [9.17, 15) is 43.1 Å². The third-order valence-electron chi connectivity index (χ3n) is 10.8. The molecule has 0 aromatic heterocycles. The van der Waals surface area contributed by atoms with Gasteiger partial charge in [0.05, 0.1) is 106 Å². The first-order valence-electron chi connectivity index (χ1n) is 23.2. The average molecular weight is 1120 g/mol. The molecule has 2 saturated carbocycles. The van der Waals surface area contributed by atoms with Gasteiger partial charge in [-0.1, -0.05) is 0 Å². The Hall–Kier alpha value is -0.350. The molecule has 2 fully saturated rings. The summed E-state index contributed by atoms with van der Waals surface area (Å²) in [7, 11) is -5.93. The zero-order chi connectivity index (χ0) is 53.4. The minimum atomic E-state index is -5.37. The van der Waals surface area contributed by atoms with E-state index in [1.54, 1.807) is 0 Å². The van der Waals surface area contributed by atoms with Crippen LogP contribution >= 0.6 is 23.5 Å². The number of phosphoric acid groups is 3. The van der Waals surface area contributed by atoms with E-state index in [1.807, 2.05) is 0 Å². The van der Waals surface area contributed by atoms with Crippen LogP contribution in [0.4, 0.5) is 0 Å². The van der Waals surface area contributed by atoms with Gasteiger partial charge in [0.15, 0.2) is 0 Å². The Morgan fingerprint density at radius 2 is 0.472 bits per heavy atom. The van der Waals surface area contributed by atoms with Crippen LogP contribution in [0.15, 0.2) is 0 Å². The summed E-state index contributed by atoms with van der Waals surface area (Å²) < 4.78 is 150. The van der Waals surface area contributed by atoms with Crippen molar-refractivity contribution in [3.05, 3.63) is 0 Å². The molecule has 2 aliphatic rings. The Bertz CT molecular complexity index is 1410. The van der Waals surface area contributed by atoms with Gasteiger partial charge in [0, 0.05) is 63.0 Å². The second kappa shape index (κ2) is 38.3. The molecule has 6 N–H and O–H groups in total. The summed E-state index contributed by atoms with van der Waals surface area (Å²) in [6, 6.07) is 0. The summed E-state index contributed by atoms with van der Waals surface area (Å²) in [6.45, 7) is 1.79. The van der Waals surface area contributed by atoms with Gasteiger partial charge in [-0.25, -0.2) is 13.7 Å². The van der Waals surface area contributed by atoms with Crippen LogP contribution in [-0.2, 0) is 108 Å². The third kappa shape index (κ3) is 26.8.